The van der Waals surface area contributed by atoms with Gasteiger partial charge < -0.3 is 4.90 Å². The van der Waals surface area contributed by atoms with Crippen LogP contribution in [0.3, 0.4) is 0 Å². The maximum Gasteiger partial charge on any atom is 0.265 e. The van der Waals surface area contributed by atoms with Crippen molar-refractivity contribution in [3.05, 3.63) is 20.8 Å². The quantitative estimate of drug-likeness (QED) is 0.769. The highest BCUT2D eigenvalue weighted by Gasteiger charge is 2.38. The van der Waals surface area contributed by atoms with E-state index in [0.29, 0.717) is 6.04 Å². The molecule has 2 atom stereocenters. The Hall–Kier alpha value is -0.350. The zero-order valence-corrected chi connectivity index (χ0v) is 12.1. The van der Waals surface area contributed by atoms with Crippen LogP contribution in [0.2, 0.25) is 0 Å². The summed E-state index contributed by atoms with van der Waals surface area (Å²) in [4.78, 5) is 15.5. The second-order valence-electron chi connectivity index (χ2n) is 5.00. The van der Waals surface area contributed by atoms with E-state index in [1.165, 1.54) is 32.1 Å². The molecule has 1 aliphatic heterocycles. The van der Waals surface area contributed by atoms with Gasteiger partial charge in [-0.3, -0.25) is 4.79 Å². The number of hydrogen-bond acceptors (Lipinski definition) is 2. The van der Waals surface area contributed by atoms with E-state index in [1.807, 2.05) is 11.4 Å². The standard InChI is InChI=1S/C13H16BrNOS/c14-10-6-8-17-12(10)13(16)15-7-5-9-3-1-2-4-11(9)15/h6,8-9,11H,1-5,7H2. The lowest BCUT2D eigenvalue weighted by Gasteiger charge is -2.31. The van der Waals surface area contributed by atoms with Gasteiger partial charge in [-0.1, -0.05) is 12.8 Å². The number of likely N-dealkylation sites (tertiary alicyclic amines) is 1. The third kappa shape index (κ3) is 2.06. The van der Waals surface area contributed by atoms with Crippen molar-refractivity contribution in [1.82, 2.24) is 4.90 Å². The van der Waals surface area contributed by atoms with Crippen LogP contribution >= 0.6 is 27.3 Å². The van der Waals surface area contributed by atoms with E-state index in [-0.39, 0.29) is 5.91 Å². The van der Waals surface area contributed by atoms with Gasteiger partial charge in [-0.05, 0) is 52.6 Å². The number of carbonyl (C=O) groups excluding carboxylic acids is 1. The predicted molar refractivity (Wildman–Crippen MR) is 73.4 cm³/mol. The largest absolute Gasteiger partial charge is 0.335 e. The number of fused-ring (bicyclic) bond motifs is 1. The number of halogens is 1. The van der Waals surface area contributed by atoms with Crippen LogP contribution in [0.15, 0.2) is 15.9 Å². The van der Waals surface area contributed by atoms with Gasteiger partial charge in [0.15, 0.2) is 0 Å². The van der Waals surface area contributed by atoms with Crippen molar-refractivity contribution in [1.29, 1.82) is 0 Å². The molecule has 2 aliphatic rings. The topological polar surface area (TPSA) is 20.3 Å². The molecule has 0 N–H and O–H groups in total. The van der Waals surface area contributed by atoms with Gasteiger partial charge in [-0.25, -0.2) is 0 Å². The highest BCUT2D eigenvalue weighted by Crippen LogP contribution is 2.38. The average Bonchev–Trinajstić information content (AvgIpc) is 2.94. The summed E-state index contributed by atoms with van der Waals surface area (Å²) in [6.07, 6.45) is 6.38. The number of nitrogens with zero attached hydrogens (tertiary/aromatic N) is 1. The third-order valence-electron chi connectivity index (χ3n) is 4.08. The summed E-state index contributed by atoms with van der Waals surface area (Å²) in [6, 6.07) is 2.48. The Morgan fingerprint density at radius 3 is 2.94 bits per heavy atom. The Labute approximate surface area is 114 Å². The van der Waals surface area contributed by atoms with Crippen molar-refractivity contribution in [3.8, 4) is 0 Å². The highest BCUT2D eigenvalue weighted by molar-refractivity contribution is 9.10. The lowest BCUT2D eigenvalue weighted by molar-refractivity contribution is 0.0694. The van der Waals surface area contributed by atoms with Crippen LogP contribution in [-0.2, 0) is 0 Å². The first-order valence-electron chi connectivity index (χ1n) is 6.31. The summed E-state index contributed by atoms with van der Waals surface area (Å²) >= 11 is 5.01. The van der Waals surface area contributed by atoms with Crippen LogP contribution in [0, 0.1) is 5.92 Å². The zero-order valence-electron chi connectivity index (χ0n) is 9.69. The molecule has 17 heavy (non-hydrogen) atoms. The van der Waals surface area contributed by atoms with E-state index in [1.54, 1.807) is 11.3 Å². The van der Waals surface area contributed by atoms with Crippen molar-refractivity contribution in [2.75, 3.05) is 6.54 Å². The molecule has 1 aliphatic carbocycles. The van der Waals surface area contributed by atoms with Crippen LogP contribution in [0.25, 0.3) is 0 Å². The summed E-state index contributed by atoms with van der Waals surface area (Å²) in [5.41, 5.74) is 0. The van der Waals surface area contributed by atoms with Gasteiger partial charge in [0.2, 0.25) is 0 Å². The molecule has 2 heterocycles. The van der Waals surface area contributed by atoms with Crippen LogP contribution in [0.4, 0.5) is 0 Å². The van der Waals surface area contributed by atoms with Gasteiger partial charge in [0.25, 0.3) is 5.91 Å². The van der Waals surface area contributed by atoms with Crippen LogP contribution in [-0.4, -0.2) is 23.4 Å². The fraction of sp³-hybridized carbons (Fsp3) is 0.615. The predicted octanol–water partition coefficient (Wildman–Crippen LogP) is 3.92. The molecular weight excluding hydrogens is 298 g/mol. The van der Waals surface area contributed by atoms with E-state index in [0.717, 1.165) is 21.8 Å². The molecule has 1 amide bonds. The molecule has 2 nitrogen and oxygen atoms in total. The highest BCUT2D eigenvalue weighted by atomic mass is 79.9. The smallest absolute Gasteiger partial charge is 0.265 e. The Bertz CT molecular complexity index is 431. The third-order valence-corrected chi connectivity index (χ3v) is 5.91. The first-order chi connectivity index (χ1) is 8.27. The van der Waals surface area contributed by atoms with Crippen LogP contribution in [0.1, 0.15) is 41.8 Å². The van der Waals surface area contributed by atoms with E-state index in [2.05, 4.69) is 20.8 Å². The Kier molecular flexibility index (Phi) is 3.26. The van der Waals surface area contributed by atoms with Gasteiger partial charge >= 0.3 is 0 Å². The Balaban J connectivity index is 1.81. The average molecular weight is 314 g/mol. The van der Waals surface area contributed by atoms with E-state index < -0.39 is 0 Å². The molecule has 2 unspecified atom stereocenters. The lowest BCUT2D eigenvalue weighted by Crippen LogP contribution is -2.39. The second kappa shape index (κ2) is 4.73. The first-order valence-corrected chi connectivity index (χ1v) is 7.98. The SMILES string of the molecule is O=C(c1sccc1Br)N1CCC2CCCCC21. The van der Waals surface area contributed by atoms with E-state index in [9.17, 15) is 4.79 Å². The maximum atomic E-state index is 12.5. The summed E-state index contributed by atoms with van der Waals surface area (Å²) < 4.78 is 0.951. The molecule has 92 valence electrons. The molecule has 1 saturated heterocycles. The molecule has 0 aromatic carbocycles. The number of amides is 1. The van der Waals surface area contributed by atoms with Crippen LogP contribution < -0.4 is 0 Å². The van der Waals surface area contributed by atoms with Gasteiger partial charge in [-0.2, -0.15) is 0 Å². The second-order valence-corrected chi connectivity index (χ2v) is 6.77. The van der Waals surface area contributed by atoms with Gasteiger partial charge in [0, 0.05) is 17.1 Å². The van der Waals surface area contributed by atoms with Crippen molar-refractivity contribution in [2.24, 2.45) is 5.92 Å². The fourth-order valence-electron chi connectivity index (χ4n) is 3.23. The van der Waals surface area contributed by atoms with Gasteiger partial charge in [0.05, 0.1) is 0 Å². The fourth-order valence-corrected chi connectivity index (χ4v) is 4.73. The minimum Gasteiger partial charge on any atom is -0.335 e. The molecule has 0 bridgehead atoms. The Morgan fingerprint density at radius 1 is 1.35 bits per heavy atom. The number of hydrogen-bond donors (Lipinski definition) is 0. The van der Waals surface area contributed by atoms with Crippen molar-refractivity contribution < 1.29 is 4.79 Å². The molecule has 2 fully saturated rings. The minimum absolute atomic E-state index is 0.237. The normalized spacial score (nSPS) is 28.2. The van der Waals surface area contributed by atoms with E-state index in [4.69, 9.17) is 0 Å². The van der Waals surface area contributed by atoms with Crippen molar-refractivity contribution in [2.45, 2.75) is 38.1 Å². The summed E-state index contributed by atoms with van der Waals surface area (Å²) in [5, 5.41) is 1.98. The maximum absolute atomic E-state index is 12.5. The first kappa shape index (κ1) is 11.7. The number of carbonyl (C=O) groups is 1. The monoisotopic (exact) mass is 313 g/mol. The lowest BCUT2D eigenvalue weighted by atomic mass is 9.85. The molecular formula is C13H16BrNOS. The molecule has 4 heteroatoms. The van der Waals surface area contributed by atoms with Gasteiger partial charge in [-0.15, -0.1) is 11.3 Å². The van der Waals surface area contributed by atoms with Crippen LogP contribution in [0.5, 0.6) is 0 Å². The minimum atomic E-state index is 0.237. The molecule has 1 saturated carbocycles. The number of rotatable bonds is 1. The summed E-state index contributed by atoms with van der Waals surface area (Å²) in [5.74, 6) is 1.01. The number of thiophene rings is 1. The van der Waals surface area contributed by atoms with Gasteiger partial charge in [0.1, 0.15) is 4.88 Å². The molecule has 1 aromatic rings. The molecule has 0 radical (unpaired) electrons. The summed E-state index contributed by atoms with van der Waals surface area (Å²) in [6.45, 7) is 0.957. The van der Waals surface area contributed by atoms with Crippen molar-refractivity contribution >= 4 is 33.2 Å². The van der Waals surface area contributed by atoms with E-state index >= 15 is 0 Å². The zero-order chi connectivity index (χ0) is 11.8. The summed E-state index contributed by atoms with van der Waals surface area (Å²) in [7, 11) is 0. The van der Waals surface area contributed by atoms with Crippen molar-refractivity contribution in [3.63, 3.8) is 0 Å². The Morgan fingerprint density at radius 2 is 2.18 bits per heavy atom. The molecule has 1 aromatic heterocycles. The molecule has 3 rings (SSSR count). The molecule has 0 spiro atoms.